The predicted molar refractivity (Wildman–Crippen MR) is 162 cm³/mol. The van der Waals surface area contributed by atoms with Crippen molar-refractivity contribution in [1.29, 1.82) is 0 Å². The van der Waals surface area contributed by atoms with Gasteiger partial charge in [-0.05, 0) is 42.3 Å². The second-order valence-corrected chi connectivity index (χ2v) is 10.7. The maximum Gasteiger partial charge on any atom is 0.290 e. The van der Waals surface area contributed by atoms with E-state index in [2.05, 4.69) is 5.32 Å². The molecule has 0 bridgehead atoms. The Bertz CT molecular complexity index is 1710. The van der Waals surface area contributed by atoms with Gasteiger partial charge < -0.3 is 39.1 Å². The van der Waals surface area contributed by atoms with Crippen molar-refractivity contribution < 1.29 is 38.4 Å². The number of nitrogens with zero attached hydrogens (tertiary/aromatic N) is 1. The Morgan fingerprint density at radius 3 is 2.52 bits per heavy atom. The molecule has 0 saturated heterocycles. The zero-order valence-corrected chi connectivity index (χ0v) is 24.4. The summed E-state index contributed by atoms with van der Waals surface area (Å²) in [4.78, 5) is 29.4. The highest BCUT2D eigenvalue weighted by Crippen LogP contribution is 2.47. The number of ether oxygens (including phenoxy) is 3. The van der Waals surface area contributed by atoms with Gasteiger partial charge in [0.2, 0.25) is 5.91 Å². The highest BCUT2D eigenvalue weighted by Gasteiger charge is 2.50. The summed E-state index contributed by atoms with van der Waals surface area (Å²) < 4.78 is 23.3. The summed E-state index contributed by atoms with van der Waals surface area (Å²) in [6.07, 6.45) is 0.0437. The van der Waals surface area contributed by atoms with Crippen molar-refractivity contribution in [2.24, 2.45) is 0 Å². The minimum Gasteiger partial charge on any atom is -0.496 e. The van der Waals surface area contributed by atoms with Crippen LogP contribution in [0.15, 0.2) is 88.9 Å². The highest BCUT2D eigenvalue weighted by molar-refractivity contribution is 5.99. The lowest BCUT2D eigenvalue weighted by molar-refractivity contribution is -0.118. The van der Waals surface area contributed by atoms with E-state index in [0.29, 0.717) is 40.2 Å². The SMILES string of the molecule is COc1ccccc1CCN(C(=O)c1cc2cccc(OC)c2o1)C1C=C(C(=O)NCCO)C2c3ccccc3OC2C1O. The van der Waals surface area contributed by atoms with E-state index >= 15 is 0 Å². The largest absolute Gasteiger partial charge is 0.496 e. The minimum absolute atomic E-state index is 0.0561. The van der Waals surface area contributed by atoms with Gasteiger partial charge >= 0.3 is 0 Å². The van der Waals surface area contributed by atoms with E-state index in [4.69, 9.17) is 18.6 Å². The molecule has 2 aliphatic rings. The Balaban J connectivity index is 1.43. The van der Waals surface area contributed by atoms with E-state index in [-0.39, 0.29) is 25.5 Å². The number of hydrogen-bond acceptors (Lipinski definition) is 8. The van der Waals surface area contributed by atoms with Gasteiger partial charge in [-0.1, -0.05) is 48.5 Å². The molecule has 0 fully saturated rings. The maximum absolute atomic E-state index is 14.3. The number of hydrogen-bond donors (Lipinski definition) is 3. The molecule has 228 valence electrons. The number of aliphatic hydroxyl groups excluding tert-OH is 2. The summed E-state index contributed by atoms with van der Waals surface area (Å²) in [5, 5.41) is 24.7. The van der Waals surface area contributed by atoms with Crippen LogP contribution in [-0.4, -0.2) is 79.1 Å². The fourth-order valence-corrected chi connectivity index (χ4v) is 6.17. The smallest absolute Gasteiger partial charge is 0.290 e. The summed E-state index contributed by atoms with van der Waals surface area (Å²) in [6, 6.07) is 21.0. The molecule has 2 heterocycles. The van der Waals surface area contributed by atoms with Gasteiger partial charge in [0.15, 0.2) is 17.1 Å². The number of carbonyl (C=O) groups is 2. The molecule has 0 spiro atoms. The van der Waals surface area contributed by atoms with Crippen molar-refractivity contribution in [2.75, 3.05) is 33.9 Å². The van der Waals surface area contributed by atoms with Gasteiger partial charge in [0.05, 0.1) is 32.8 Å². The van der Waals surface area contributed by atoms with Crippen LogP contribution in [-0.2, 0) is 11.2 Å². The number of rotatable bonds is 10. The van der Waals surface area contributed by atoms with Gasteiger partial charge in [0.25, 0.3) is 5.91 Å². The first-order valence-corrected chi connectivity index (χ1v) is 14.5. The third-order valence-electron chi connectivity index (χ3n) is 8.25. The van der Waals surface area contributed by atoms with Crippen LogP contribution in [0.1, 0.15) is 27.6 Å². The zero-order chi connectivity index (χ0) is 30.8. The highest BCUT2D eigenvalue weighted by atomic mass is 16.5. The van der Waals surface area contributed by atoms with Crippen molar-refractivity contribution in [2.45, 2.75) is 30.6 Å². The number of furan rings is 1. The van der Waals surface area contributed by atoms with E-state index < -0.39 is 36.0 Å². The minimum atomic E-state index is -1.18. The summed E-state index contributed by atoms with van der Waals surface area (Å²) in [5.41, 5.74) is 2.43. The number of carbonyl (C=O) groups excluding carboxylic acids is 2. The molecule has 6 rings (SSSR count). The van der Waals surface area contributed by atoms with Crippen LogP contribution in [0.2, 0.25) is 0 Å². The number of benzene rings is 3. The molecular weight excluding hydrogens is 564 g/mol. The van der Waals surface area contributed by atoms with Crippen LogP contribution < -0.4 is 19.5 Å². The van der Waals surface area contributed by atoms with Crippen molar-refractivity contribution in [1.82, 2.24) is 10.2 Å². The van der Waals surface area contributed by atoms with Crippen molar-refractivity contribution in [3.63, 3.8) is 0 Å². The molecule has 0 saturated carbocycles. The van der Waals surface area contributed by atoms with E-state index in [1.54, 1.807) is 31.4 Å². The average Bonchev–Trinajstić information content (AvgIpc) is 3.67. The van der Waals surface area contributed by atoms with Crippen LogP contribution in [0.25, 0.3) is 11.0 Å². The molecule has 3 aromatic carbocycles. The first-order chi connectivity index (χ1) is 21.4. The third-order valence-corrected chi connectivity index (χ3v) is 8.25. The molecule has 3 N–H and O–H groups in total. The molecule has 1 aromatic heterocycles. The van der Waals surface area contributed by atoms with Gasteiger partial charge in [-0.15, -0.1) is 0 Å². The van der Waals surface area contributed by atoms with Crippen LogP contribution in [0.4, 0.5) is 0 Å². The monoisotopic (exact) mass is 598 g/mol. The molecule has 4 atom stereocenters. The number of fused-ring (bicyclic) bond motifs is 4. The lowest BCUT2D eigenvalue weighted by Gasteiger charge is -2.40. The number of para-hydroxylation sites is 3. The Labute approximate surface area is 254 Å². The lowest BCUT2D eigenvalue weighted by Crippen LogP contribution is -2.56. The second-order valence-electron chi connectivity index (χ2n) is 10.7. The zero-order valence-electron chi connectivity index (χ0n) is 24.4. The maximum atomic E-state index is 14.3. The molecular formula is C34H34N2O8. The number of aliphatic hydroxyl groups is 2. The van der Waals surface area contributed by atoms with E-state index in [1.807, 2.05) is 54.6 Å². The molecule has 10 heteroatoms. The Morgan fingerprint density at radius 1 is 0.977 bits per heavy atom. The molecule has 4 unspecified atom stereocenters. The summed E-state index contributed by atoms with van der Waals surface area (Å²) in [5.74, 6) is 0.361. The molecule has 1 aliphatic heterocycles. The fraction of sp³-hybridized carbons (Fsp3) is 0.294. The van der Waals surface area contributed by atoms with E-state index in [9.17, 15) is 19.8 Å². The average molecular weight is 599 g/mol. The quantitative estimate of drug-likeness (QED) is 0.253. The van der Waals surface area contributed by atoms with E-state index in [1.165, 1.54) is 12.0 Å². The third kappa shape index (κ3) is 5.27. The van der Waals surface area contributed by atoms with Crippen molar-refractivity contribution >= 4 is 22.8 Å². The Kier molecular flexibility index (Phi) is 8.28. The Morgan fingerprint density at radius 2 is 1.73 bits per heavy atom. The number of methoxy groups -OCH3 is 2. The molecule has 4 aromatic rings. The first kappa shape index (κ1) is 29.3. The first-order valence-electron chi connectivity index (χ1n) is 14.5. The predicted octanol–water partition coefficient (Wildman–Crippen LogP) is 3.46. The topological polar surface area (TPSA) is 131 Å². The van der Waals surface area contributed by atoms with Gasteiger partial charge in [-0.2, -0.15) is 0 Å². The molecule has 1 aliphatic carbocycles. The molecule has 2 amide bonds. The molecule has 10 nitrogen and oxygen atoms in total. The molecule has 0 radical (unpaired) electrons. The van der Waals surface area contributed by atoms with Crippen LogP contribution in [0.3, 0.4) is 0 Å². The van der Waals surface area contributed by atoms with E-state index in [0.717, 1.165) is 11.1 Å². The van der Waals surface area contributed by atoms with Crippen LogP contribution in [0, 0.1) is 0 Å². The normalized spacial score (nSPS) is 20.2. The number of amides is 2. The second kappa shape index (κ2) is 12.4. The summed E-state index contributed by atoms with van der Waals surface area (Å²) >= 11 is 0. The van der Waals surface area contributed by atoms with Crippen LogP contribution in [0.5, 0.6) is 17.2 Å². The summed E-state index contributed by atoms with van der Waals surface area (Å²) in [7, 11) is 3.12. The Hall–Kier alpha value is -4.80. The number of nitrogens with one attached hydrogen (secondary N) is 1. The van der Waals surface area contributed by atoms with Gasteiger partial charge in [0.1, 0.15) is 23.7 Å². The van der Waals surface area contributed by atoms with Crippen LogP contribution >= 0.6 is 0 Å². The standard InChI is InChI=1S/C34H34N2O8/c1-41-25-11-5-3-8-20(25)14-16-36(34(40)28-18-21-9-7-13-27(42-2)31(21)44-28)24-19-23(33(39)35-15-17-37)29-22-10-4-6-12-26(22)43-32(29)30(24)38/h3-13,18-19,24,29-30,32,37-38H,14-17H2,1-2H3,(H,35,39). The van der Waals surface area contributed by atoms with Crippen molar-refractivity contribution in [3.05, 3.63) is 101 Å². The fourth-order valence-electron chi connectivity index (χ4n) is 6.17. The van der Waals surface area contributed by atoms with Gasteiger partial charge in [-0.25, -0.2) is 0 Å². The summed E-state index contributed by atoms with van der Waals surface area (Å²) in [6.45, 7) is -0.00662. The van der Waals surface area contributed by atoms with Gasteiger partial charge in [-0.3, -0.25) is 9.59 Å². The lowest BCUT2D eigenvalue weighted by atomic mass is 9.77. The van der Waals surface area contributed by atoms with Crippen molar-refractivity contribution in [3.8, 4) is 17.2 Å². The van der Waals surface area contributed by atoms with Gasteiger partial charge in [0, 0.05) is 29.6 Å². The molecule has 44 heavy (non-hydrogen) atoms.